The van der Waals surface area contributed by atoms with Gasteiger partial charge in [-0.3, -0.25) is 9.00 Å². The van der Waals surface area contributed by atoms with E-state index >= 15 is 0 Å². The normalized spacial score (nSPS) is 24.2. The summed E-state index contributed by atoms with van der Waals surface area (Å²) in [5.74, 6) is 0.190. The van der Waals surface area contributed by atoms with Crippen molar-refractivity contribution in [3.05, 3.63) is 0 Å². The highest BCUT2D eigenvalue weighted by Gasteiger charge is 2.42. The summed E-state index contributed by atoms with van der Waals surface area (Å²) >= 11 is 0. The van der Waals surface area contributed by atoms with Gasteiger partial charge in [0.25, 0.3) is 0 Å². The van der Waals surface area contributed by atoms with Crippen molar-refractivity contribution in [2.75, 3.05) is 31.1 Å². The van der Waals surface area contributed by atoms with Gasteiger partial charge in [0.1, 0.15) is 0 Å². The van der Waals surface area contributed by atoms with Crippen LogP contribution >= 0.6 is 0 Å². The van der Waals surface area contributed by atoms with Crippen LogP contribution in [0.5, 0.6) is 0 Å². The number of urea groups is 1. The van der Waals surface area contributed by atoms with E-state index in [1.807, 2.05) is 13.8 Å². The molecule has 2 amide bonds. The summed E-state index contributed by atoms with van der Waals surface area (Å²) in [6.45, 7) is 4.88. The van der Waals surface area contributed by atoms with Gasteiger partial charge in [0.05, 0.1) is 5.41 Å². The molecule has 2 unspecified atom stereocenters. The average Bonchev–Trinajstić information content (AvgIpc) is 2.46. The number of carboxylic acid groups (broad SMARTS) is 1. The molecule has 20 heavy (non-hydrogen) atoms. The third kappa shape index (κ3) is 4.19. The summed E-state index contributed by atoms with van der Waals surface area (Å²) in [6, 6.07) is -0.253. The number of amides is 2. The van der Waals surface area contributed by atoms with E-state index in [-0.39, 0.29) is 12.6 Å². The Labute approximate surface area is 122 Å². The molecular weight excluding hydrogens is 280 g/mol. The maximum absolute atomic E-state index is 12.0. The van der Waals surface area contributed by atoms with Crippen LogP contribution in [0, 0.1) is 5.41 Å². The number of nitrogens with one attached hydrogen (secondary N) is 1. The predicted octanol–water partition coefficient (Wildman–Crippen LogP) is 1.04. The lowest BCUT2D eigenvalue weighted by atomic mass is 9.78. The molecule has 2 atom stereocenters. The Bertz CT molecular complexity index is 389. The zero-order valence-corrected chi connectivity index (χ0v) is 13.0. The molecule has 1 aliphatic rings. The van der Waals surface area contributed by atoms with Gasteiger partial charge in [-0.25, -0.2) is 4.79 Å². The molecule has 1 rings (SSSR count). The Morgan fingerprint density at radius 3 is 2.65 bits per heavy atom. The van der Waals surface area contributed by atoms with Gasteiger partial charge in [0.15, 0.2) is 0 Å². The van der Waals surface area contributed by atoms with Crippen LogP contribution in [-0.2, 0) is 15.6 Å². The van der Waals surface area contributed by atoms with Crippen molar-refractivity contribution < 1.29 is 18.9 Å². The second-order valence-electron chi connectivity index (χ2n) is 5.13. The van der Waals surface area contributed by atoms with Crippen LogP contribution in [0.4, 0.5) is 4.79 Å². The van der Waals surface area contributed by atoms with Gasteiger partial charge in [-0.05, 0) is 19.3 Å². The molecule has 6 nitrogen and oxygen atoms in total. The van der Waals surface area contributed by atoms with E-state index in [1.165, 1.54) is 0 Å². The van der Waals surface area contributed by atoms with Gasteiger partial charge < -0.3 is 15.3 Å². The molecule has 1 heterocycles. The molecule has 0 aromatic rings. The number of likely N-dealkylation sites (tertiary alicyclic amines) is 1. The molecule has 0 aromatic carbocycles. The Hall–Kier alpha value is -1.11. The summed E-state index contributed by atoms with van der Waals surface area (Å²) in [5, 5.41) is 12.1. The topological polar surface area (TPSA) is 86.7 Å². The van der Waals surface area contributed by atoms with Gasteiger partial charge in [0, 0.05) is 41.9 Å². The van der Waals surface area contributed by atoms with Crippen LogP contribution in [0.25, 0.3) is 0 Å². The maximum atomic E-state index is 12.0. The van der Waals surface area contributed by atoms with Crippen molar-refractivity contribution >= 4 is 22.8 Å². The Balaban J connectivity index is 2.52. The second-order valence-corrected chi connectivity index (χ2v) is 6.99. The number of piperidine rings is 1. The zero-order chi connectivity index (χ0) is 15.2. The first-order valence-corrected chi connectivity index (χ1v) is 8.55. The SMILES string of the molecule is CCS(=O)CCNC(=O)N1CCCC(CC)(C(=O)O)C1. The number of nitrogens with zero attached hydrogens (tertiary/aromatic N) is 1. The lowest BCUT2D eigenvalue weighted by Gasteiger charge is -2.39. The monoisotopic (exact) mass is 304 g/mol. The summed E-state index contributed by atoms with van der Waals surface area (Å²) in [5.41, 5.74) is -0.818. The number of rotatable bonds is 6. The predicted molar refractivity (Wildman–Crippen MR) is 78.1 cm³/mol. The summed E-state index contributed by atoms with van der Waals surface area (Å²) in [4.78, 5) is 25.0. The van der Waals surface area contributed by atoms with Gasteiger partial charge >= 0.3 is 12.0 Å². The van der Waals surface area contributed by atoms with Crippen LogP contribution in [0.3, 0.4) is 0 Å². The molecular formula is C13H24N2O4S. The molecule has 0 aromatic heterocycles. The number of hydrogen-bond acceptors (Lipinski definition) is 3. The van der Waals surface area contributed by atoms with Crippen LogP contribution < -0.4 is 5.32 Å². The van der Waals surface area contributed by atoms with Gasteiger partial charge in [0.2, 0.25) is 0 Å². The molecule has 1 aliphatic heterocycles. The lowest BCUT2D eigenvalue weighted by molar-refractivity contribution is -0.152. The van der Waals surface area contributed by atoms with E-state index in [2.05, 4.69) is 5.32 Å². The Kier molecular flexibility index (Phi) is 6.45. The van der Waals surface area contributed by atoms with E-state index in [0.29, 0.717) is 43.9 Å². The highest BCUT2D eigenvalue weighted by Crippen LogP contribution is 2.33. The van der Waals surface area contributed by atoms with E-state index in [9.17, 15) is 18.9 Å². The zero-order valence-electron chi connectivity index (χ0n) is 12.2. The number of carbonyl (C=O) groups is 2. The molecule has 0 radical (unpaired) electrons. The molecule has 0 spiro atoms. The fourth-order valence-electron chi connectivity index (χ4n) is 2.45. The number of carboxylic acids is 1. The first kappa shape index (κ1) is 16.9. The van der Waals surface area contributed by atoms with E-state index < -0.39 is 22.2 Å². The third-order valence-electron chi connectivity index (χ3n) is 3.92. The molecule has 1 fully saturated rings. The Morgan fingerprint density at radius 2 is 2.10 bits per heavy atom. The largest absolute Gasteiger partial charge is 0.481 e. The van der Waals surface area contributed by atoms with Crippen molar-refractivity contribution in [2.24, 2.45) is 5.41 Å². The molecule has 0 aliphatic carbocycles. The minimum Gasteiger partial charge on any atom is -0.481 e. The lowest BCUT2D eigenvalue weighted by Crippen LogP contribution is -2.52. The van der Waals surface area contributed by atoms with Gasteiger partial charge in [-0.1, -0.05) is 13.8 Å². The van der Waals surface area contributed by atoms with Crippen LogP contribution in [0.1, 0.15) is 33.1 Å². The quantitative estimate of drug-likeness (QED) is 0.767. The summed E-state index contributed by atoms with van der Waals surface area (Å²) < 4.78 is 11.3. The molecule has 2 N–H and O–H groups in total. The maximum Gasteiger partial charge on any atom is 0.317 e. The van der Waals surface area contributed by atoms with Gasteiger partial charge in [-0.15, -0.1) is 0 Å². The first-order chi connectivity index (χ1) is 9.45. The van der Waals surface area contributed by atoms with Crippen molar-refractivity contribution in [2.45, 2.75) is 33.1 Å². The molecule has 0 saturated carbocycles. The summed E-state index contributed by atoms with van der Waals surface area (Å²) in [6.07, 6.45) is 1.84. The molecule has 0 bridgehead atoms. The fourth-order valence-corrected chi connectivity index (χ4v) is 3.07. The van der Waals surface area contributed by atoms with E-state index in [4.69, 9.17) is 0 Å². The van der Waals surface area contributed by atoms with Crippen molar-refractivity contribution in [1.82, 2.24) is 10.2 Å². The smallest absolute Gasteiger partial charge is 0.317 e. The van der Waals surface area contributed by atoms with Crippen molar-refractivity contribution in [1.29, 1.82) is 0 Å². The number of hydrogen-bond donors (Lipinski definition) is 2. The third-order valence-corrected chi connectivity index (χ3v) is 5.23. The Morgan fingerprint density at radius 1 is 1.40 bits per heavy atom. The van der Waals surface area contributed by atoms with Crippen LogP contribution in [0.15, 0.2) is 0 Å². The van der Waals surface area contributed by atoms with E-state index in [1.54, 1.807) is 4.90 Å². The fraction of sp³-hybridized carbons (Fsp3) is 0.846. The van der Waals surface area contributed by atoms with Crippen molar-refractivity contribution in [3.63, 3.8) is 0 Å². The minimum atomic E-state index is -0.900. The highest BCUT2D eigenvalue weighted by molar-refractivity contribution is 7.84. The minimum absolute atomic E-state index is 0.252. The number of carbonyl (C=O) groups excluding carboxylic acids is 1. The summed E-state index contributed by atoms with van der Waals surface area (Å²) in [7, 11) is -0.900. The first-order valence-electron chi connectivity index (χ1n) is 7.06. The number of aliphatic carboxylic acids is 1. The van der Waals surface area contributed by atoms with E-state index in [0.717, 1.165) is 0 Å². The molecule has 7 heteroatoms. The average molecular weight is 304 g/mol. The van der Waals surface area contributed by atoms with Crippen LogP contribution in [-0.4, -0.2) is 57.4 Å². The molecule has 116 valence electrons. The highest BCUT2D eigenvalue weighted by atomic mass is 32.2. The van der Waals surface area contributed by atoms with Gasteiger partial charge in [-0.2, -0.15) is 0 Å². The molecule has 1 saturated heterocycles. The van der Waals surface area contributed by atoms with Crippen LogP contribution in [0.2, 0.25) is 0 Å². The standard InChI is InChI=1S/C13H24N2O4S/c1-3-13(11(16)17)6-5-8-15(10-13)12(18)14-7-9-20(19)4-2/h3-10H2,1-2H3,(H,14,18)(H,16,17). The second kappa shape index (κ2) is 7.61. The van der Waals surface area contributed by atoms with Crippen molar-refractivity contribution in [3.8, 4) is 0 Å².